The van der Waals surface area contributed by atoms with Gasteiger partial charge in [-0.15, -0.1) is 0 Å². The van der Waals surface area contributed by atoms with Crippen LogP contribution in [0.1, 0.15) is 36.0 Å². The molecule has 0 aliphatic carbocycles. The third-order valence-electron chi connectivity index (χ3n) is 4.15. The van der Waals surface area contributed by atoms with E-state index in [-0.39, 0.29) is 17.6 Å². The molecule has 0 spiro atoms. The highest BCUT2D eigenvalue weighted by molar-refractivity contribution is 5.91. The first-order valence-corrected chi connectivity index (χ1v) is 8.33. The molecule has 0 bridgehead atoms. The van der Waals surface area contributed by atoms with Gasteiger partial charge < -0.3 is 14.2 Å². The molecule has 1 fully saturated rings. The van der Waals surface area contributed by atoms with Gasteiger partial charge in [-0.1, -0.05) is 17.3 Å². The number of piperidine rings is 1. The van der Waals surface area contributed by atoms with Gasteiger partial charge in [-0.2, -0.15) is 13.8 Å². The van der Waals surface area contributed by atoms with Crippen LogP contribution in [0.5, 0.6) is 5.75 Å². The normalized spacial score (nSPS) is 17.8. The number of likely N-dealkylation sites (tertiary alicyclic amines) is 1. The quantitative estimate of drug-likeness (QED) is 0.762. The maximum atomic E-state index is 12.4. The van der Waals surface area contributed by atoms with Gasteiger partial charge in [0, 0.05) is 19.2 Å². The molecule has 1 aromatic heterocycles. The summed E-state index contributed by atoms with van der Waals surface area (Å²) in [5.41, 5.74) is 0.723. The van der Waals surface area contributed by atoms with Crippen LogP contribution in [0.2, 0.25) is 0 Å². The van der Waals surface area contributed by atoms with Crippen LogP contribution in [0.25, 0.3) is 6.08 Å². The number of aromatic nitrogens is 2. The lowest BCUT2D eigenvalue weighted by molar-refractivity contribution is -0.127. The Morgan fingerprint density at radius 3 is 2.81 bits per heavy atom. The van der Waals surface area contributed by atoms with Crippen LogP contribution in [0.4, 0.5) is 8.78 Å². The minimum absolute atomic E-state index is 0.0491. The van der Waals surface area contributed by atoms with Crippen molar-refractivity contribution in [3.05, 3.63) is 47.6 Å². The predicted molar refractivity (Wildman–Crippen MR) is 89.7 cm³/mol. The number of carbonyl (C=O) groups is 1. The van der Waals surface area contributed by atoms with Crippen molar-refractivity contribution in [2.45, 2.75) is 32.3 Å². The second kappa shape index (κ2) is 8.07. The summed E-state index contributed by atoms with van der Waals surface area (Å²) in [5, 5.41) is 3.80. The van der Waals surface area contributed by atoms with Crippen molar-refractivity contribution in [3.8, 4) is 5.75 Å². The van der Waals surface area contributed by atoms with Crippen molar-refractivity contribution in [1.82, 2.24) is 15.0 Å². The first kappa shape index (κ1) is 18.0. The highest BCUT2D eigenvalue weighted by atomic mass is 19.3. The summed E-state index contributed by atoms with van der Waals surface area (Å²) in [6.07, 6.45) is 4.89. The van der Waals surface area contributed by atoms with E-state index in [1.54, 1.807) is 30.0 Å². The number of halogens is 2. The molecule has 2 aromatic rings. The minimum atomic E-state index is -2.85. The van der Waals surface area contributed by atoms with Gasteiger partial charge in [0.1, 0.15) is 5.75 Å². The number of amides is 1. The van der Waals surface area contributed by atoms with Crippen molar-refractivity contribution >= 4 is 12.0 Å². The Hall–Kier alpha value is -2.77. The molecule has 1 amide bonds. The SMILES string of the molecule is Cc1noc(C2CCCN(C(=O)C=Cc3ccc(OC(F)F)cc3)C2)n1. The second-order valence-electron chi connectivity index (χ2n) is 6.08. The van der Waals surface area contributed by atoms with Gasteiger partial charge in [0.15, 0.2) is 5.82 Å². The van der Waals surface area contributed by atoms with E-state index in [0.717, 1.165) is 18.4 Å². The molecule has 8 heteroatoms. The molecular formula is C18H19F2N3O3. The molecule has 1 unspecified atom stereocenters. The largest absolute Gasteiger partial charge is 0.435 e. The van der Waals surface area contributed by atoms with E-state index in [0.29, 0.717) is 24.8 Å². The summed E-state index contributed by atoms with van der Waals surface area (Å²) >= 11 is 0. The molecule has 138 valence electrons. The molecule has 1 aliphatic rings. The van der Waals surface area contributed by atoms with E-state index in [4.69, 9.17) is 4.52 Å². The van der Waals surface area contributed by atoms with Crippen molar-refractivity contribution in [2.24, 2.45) is 0 Å². The Bertz CT molecular complexity index is 774. The van der Waals surface area contributed by atoms with E-state index < -0.39 is 6.61 Å². The molecule has 6 nitrogen and oxygen atoms in total. The number of benzene rings is 1. The van der Waals surface area contributed by atoms with Crippen LogP contribution < -0.4 is 4.74 Å². The highest BCUT2D eigenvalue weighted by Crippen LogP contribution is 2.26. The Labute approximate surface area is 149 Å². The average Bonchev–Trinajstić information content (AvgIpc) is 3.07. The first-order chi connectivity index (χ1) is 12.5. The molecule has 2 heterocycles. The summed E-state index contributed by atoms with van der Waals surface area (Å²) < 4.78 is 33.8. The molecule has 0 saturated carbocycles. The van der Waals surface area contributed by atoms with E-state index in [9.17, 15) is 13.6 Å². The van der Waals surface area contributed by atoms with E-state index >= 15 is 0 Å². The maximum Gasteiger partial charge on any atom is 0.387 e. The molecular weight excluding hydrogens is 344 g/mol. The summed E-state index contributed by atoms with van der Waals surface area (Å²) in [7, 11) is 0. The van der Waals surface area contributed by atoms with Crippen LogP contribution in [0, 0.1) is 6.92 Å². The Morgan fingerprint density at radius 2 is 2.15 bits per heavy atom. The maximum absolute atomic E-state index is 12.4. The molecule has 1 aromatic carbocycles. The van der Waals surface area contributed by atoms with Crippen molar-refractivity contribution in [3.63, 3.8) is 0 Å². The van der Waals surface area contributed by atoms with Crippen molar-refractivity contribution in [2.75, 3.05) is 13.1 Å². The average molecular weight is 363 g/mol. The van der Waals surface area contributed by atoms with Gasteiger partial charge in [-0.05, 0) is 43.5 Å². The molecule has 0 radical (unpaired) electrons. The zero-order chi connectivity index (χ0) is 18.5. The standard InChI is InChI=1S/C18H19F2N3O3/c1-12-21-17(26-22-12)14-3-2-10-23(11-14)16(24)9-6-13-4-7-15(8-5-13)25-18(19)20/h4-9,14,18H,2-3,10-11H2,1H3. The van der Waals surface area contributed by atoms with Crippen LogP contribution in [0.15, 0.2) is 34.9 Å². The highest BCUT2D eigenvalue weighted by Gasteiger charge is 2.27. The summed E-state index contributed by atoms with van der Waals surface area (Å²) in [4.78, 5) is 18.4. The smallest absolute Gasteiger partial charge is 0.387 e. The fourth-order valence-electron chi connectivity index (χ4n) is 2.89. The van der Waals surface area contributed by atoms with Gasteiger partial charge in [-0.25, -0.2) is 0 Å². The van der Waals surface area contributed by atoms with Gasteiger partial charge in [0.25, 0.3) is 0 Å². The van der Waals surface area contributed by atoms with Crippen LogP contribution in [-0.2, 0) is 4.79 Å². The Morgan fingerprint density at radius 1 is 1.38 bits per heavy atom. The van der Waals surface area contributed by atoms with Gasteiger partial charge in [-0.3, -0.25) is 4.79 Å². The monoisotopic (exact) mass is 363 g/mol. The molecule has 26 heavy (non-hydrogen) atoms. The van der Waals surface area contributed by atoms with Crippen LogP contribution in [-0.4, -0.2) is 40.6 Å². The Kier molecular flexibility index (Phi) is 5.60. The van der Waals surface area contributed by atoms with Crippen molar-refractivity contribution in [1.29, 1.82) is 0 Å². The summed E-state index contributed by atoms with van der Waals surface area (Å²) in [6, 6.07) is 6.10. The van der Waals surface area contributed by atoms with Gasteiger partial charge in [0.2, 0.25) is 11.8 Å². The number of hydrogen-bond donors (Lipinski definition) is 0. The molecule has 0 N–H and O–H groups in total. The van der Waals surface area contributed by atoms with Gasteiger partial charge >= 0.3 is 6.61 Å². The third-order valence-corrected chi connectivity index (χ3v) is 4.15. The molecule has 1 aliphatic heterocycles. The Balaban J connectivity index is 1.59. The number of alkyl halides is 2. The number of ether oxygens (including phenoxy) is 1. The fourth-order valence-corrected chi connectivity index (χ4v) is 2.89. The lowest BCUT2D eigenvalue weighted by Gasteiger charge is -2.30. The van der Waals surface area contributed by atoms with E-state index in [2.05, 4.69) is 14.9 Å². The number of hydrogen-bond acceptors (Lipinski definition) is 5. The molecule has 3 rings (SSSR count). The zero-order valence-electron chi connectivity index (χ0n) is 14.3. The number of aryl methyl sites for hydroxylation is 1. The fraction of sp³-hybridized carbons (Fsp3) is 0.389. The topological polar surface area (TPSA) is 68.5 Å². The number of nitrogens with zero attached hydrogens (tertiary/aromatic N) is 3. The molecule has 1 saturated heterocycles. The summed E-state index contributed by atoms with van der Waals surface area (Å²) in [5.74, 6) is 1.17. The zero-order valence-corrected chi connectivity index (χ0v) is 14.3. The lowest BCUT2D eigenvalue weighted by atomic mass is 9.98. The van der Waals surface area contributed by atoms with E-state index in [1.165, 1.54) is 18.2 Å². The van der Waals surface area contributed by atoms with Crippen molar-refractivity contribution < 1.29 is 22.8 Å². The second-order valence-corrected chi connectivity index (χ2v) is 6.08. The first-order valence-electron chi connectivity index (χ1n) is 8.33. The predicted octanol–water partition coefficient (Wildman–Crippen LogP) is 3.40. The van der Waals surface area contributed by atoms with E-state index in [1.807, 2.05) is 0 Å². The van der Waals surface area contributed by atoms with Gasteiger partial charge in [0.05, 0.1) is 5.92 Å². The molecule has 1 atom stereocenters. The van der Waals surface area contributed by atoms with Crippen LogP contribution >= 0.6 is 0 Å². The number of carbonyl (C=O) groups excluding carboxylic acids is 1. The summed E-state index contributed by atoms with van der Waals surface area (Å²) in [6.45, 7) is 0.117. The third kappa shape index (κ3) is 4.65. The number of rotatable bonds is 5. The lowest BCUT2D eigenvalue weighted by Crippen LogP contribution is -2.38. The minimum Gasteiger partial charge on any atom is -0.435 e. The van der Waals surface area contributed by atoms with Crippen LogP contribution in [0.3, 0.4) is 0 Å².